The van der Waals surface area contributed by atoms with E-state index in [9.17, 15) is 9.90 Å². The van der Waals surface area contributed by atoms with E-state index in [-0.39, 0.29) is 5.91 Å². The molecule has 0 aromatic carbocycles. The lowest BCUT2D eigenvalue weighted by Crippen LogP contribution is -2.54. The van der Waals surface area contributed by atoms with Gasteiger partial charge in [-0.25, -0.2) is 0 Å². The molecule has 2 aliphatic rings. The maximum atomic E-state index is 12.2. The zero-order valence-corrected chi connectivity index (χ0v) is 12.8. The first kappa shape index (κ1) is 15.7. The van der Waals surface area contributed by atoms with Crippen LogP contribution in [0.3, 0.4) is 0 Å². The fourth-order valence-electron chi connectivity index (χ4n) is 2.86. The maximum absolute atomic E-state index is 12.2. The third kappa shape index (κ3) is 5.01. The molecule has 6 nitrogen and oxygen atoms in total. The second-order valence-electron chi connectivity index (χ2n) is 6.50. The molecule has 2 heterocycles. The van der Waals surface area contributed by atoms with Crippen LogP contribution >= 0.6 is 0 Å². The number of hydrogen-bond donors (Lipinski definition) is 2. The first-order valence-electron chi connectivity index (χ1n) is 7.60. The van der Waals surface area contributed by atoms with Crippen molar-refractivity contribution in [3.05, 3.63) is 0 Å². The predicted molar refractivity (Wildman–Crippen MR) is 78.6 cm³/mol. The molecular weight excluding hydrogens is 256 g/mol. The van der Waals surface area contributed by atoms with Crippen molar-refractivity contribution in [2.24, 2.45) is 0 Å². The van der Waals surface area contributed by atoms with Crippen LogP contribution in [-0.4, -0.2) is 96.8 Å². The molecule has 0 saturated carbocycles. The number of rotatable bonds is 4. The van der Waals surface area contributed by atoms with Gasteiger partial charge in [-0.3, -0.25) is 14.6 Å². The molecule has 2 fully saturated rings. The van der Waals surface area contributed by atoms with Crippen molar-refractivity contribution >= 4 is 5.91 Å². The average molecular weight is 284 g/mol. The van der Waals surface area contributed by atoms with Crippen molar-refractivity contribution in [3.8, 4) is 0 Å². The summed E-state index contributed by atoms with van der Waals surface area (Å²) in [5.74, 6) is 0.252. The number of carbonyl (C=O) groups is 1. The molecule has 0 spiro atoms. The van der Waals surface area contributed by atoms with E-state index in [0.717, 1.165) is 52.4 Å². The van der Waals surface area contributed by atoms with Gasteiger partial charge in [-0.1, -0.05) is 0 Å². The Balaban J connectivity index is 1.70. The highest BCUT2D eigenvalue weighted by atomic mass is 16.3. The molecule has 2 N–H and O–H groups in total. The first-order valence-corrected chi connectivity index (χ1v) is 7.60. The van der Waals surface area contributed by atoms with Crippen LogP contribution in [0.2, 0.25) is 0 Å². The Labute approximate surface area is 121 Å². The lowest BCUT2D eigenvalue weighted by atomic mass is 10.1. The van der Waals surface area contributed by atoms with E-state index < -0.39 is 5.60 Å². The summed E-state index contributed by atoms with van der Waals surface area (Å²) in [7, 11) is 0. The van der Waals surface area contributed by atoms with Gasteiger partial charge in [0.25, 0.3) is 0 Å². The first-order chi connectivity index (χ1) is 9.44. The van der Waals surface area contributed by atoms with Gasteiger partial charge in [-0.15, -0.1) is 0 Å². The lowest BCUT2D eigenvalue weighted by molar-refractivity contribution is -0.133. The quantitative estimate of drug-likeness (QED) is 0.680. The molecule has 1 amide bonds. The molecule has 0 atom stereocenters. The van der Waals surface area contributed by atoms with E-state index in [0.29, 0.717) is 13.1 Å². The molecule has 2 saturated heterocycles. The molecule has 2 rings (SSSR count). The summed E-state index contributed by atoms with van der Waals surface area (Å²) < 4.78 is 0. The minimum atomic E-state index is -0.640. The molecule has 0 aliphatic carbocycles. The minimum Gasteiger partial charge on any atom is -0.389 e. The molecule has 0 aromatic rings. The fourth-order valence-corrected chi connectivity index (χ4v) is 2.86. The van der Waals surface area contributed by atoms with Crippen LogP contribution in [-0.2, 0) is 4.79 Å². The van der Waals surface area contributed by atoms with Gasteiger partial charge in [-0.05, 0) is 13.8 Å². The van der Waals surface area contributed by atoms with Crippen LogP contribution in [0, 0.1) is 0 Å². The molecule has 0 radical (unpaired) electrons. The molecular formula is C14H28N4O2. The van der Waals surface area contributed by atoms with E-state index in [1.807, 2.05) is 18.7 Å². The average Bonchev–Trinajstić information content (AvgIpc) is 2.40. The van der Waals surface area contributed by atoms with E-state index in [1.54, 1.807) is 0 Å². The minimum absolute atomic E-state index is 0.252. The topological polar surface area (TPSA) is 59.1 Å². The molecule has 20 heavy (non-hydrogen) atoms. The molecule has 6 heteroatoms. The number of nitrogens with one attached hydrogen (secondary N) is 1. The number of amides is 1. The van der Waals surface area contributed by atoms with Crippen LogP contribution in [0.1, 0.15) is 13.8 Å². The largest absolute Gasteiger partial charge is 0.389 e. The van der Waals surface area contributed by atoms with Gasteiger partial charge < -0.3 is 15.3 Å². The second kappa shape index (κ2) is 6.85. The number of piperazine rings is 2. The second-order valence-corrected chi connectivity index (χ2v) is 6.50. The normalized spacial score (nSPS) is 23.1. The zero-order valence-electron chi connectivity index (χ0n) is 12.8. The van der Waals surface area contributed by atoms with Gasteiger partial charge in [0.15, 0.2) is 0 Å². The van der Waals surface area contributed by atoms with Gasteiger partial charge in [0, 0.05) is 58.9 Å². The van der Waals surface area contributed by atoms with Gasteiger partial charge in [-0.2, -0.15) is 0 Å². The van der Waals surface area contributed by atoms with Gasteiger partial charge in [0.2, 0.25) is 5.91 Å². The molecule has 0 bridgehead atoms. The smallest absolute Gasteiger partial charge is 0.236 e. The summed E-state index contributed by atoms with van der Waals surface area (Å²) in [6, 6.07) is 0. The van der Waals surface area contributed by atoms with E-state index in [4.69, 9.17) is 0 Å². The summed E-state index contributed by atoms with van der Waals surface area (Å²) in [5, 5.41) is 13.1. The highest BCUT2D eigenvalue weighted by molar-refractivity contribution is 5.78. The Morgan fingerprint density at radius 1 is 1.05 bits per heavy atom. The van der Waals surface area contributed by atoms with Gasteiger partial charge in [0.1, 0.15) is 0 Å². The predicted octanol–water partition coefficient (Wildman–Crippen LogP) is -1.19. The summed E-state index contributed by atoms with van der Waals surface area (Å²) in [6.07, 6.45) is 0. The van der Waals surface area contributed by atoms with Crippen LogP contribution in [0.15, 0.2) is 0 Å². The van der Waals surface area contributed by atoms with Crippen molar-refractivity contribution in [2.45, 2.75) is 19.4 Å². The third-order valence-electron chi connectivity index (χ3n) is 3.90. The monoisotopic (exact) mass is 284 g/mol. The molecule has 0 aromatic heterocycles. The van der Waals surface area contributed by atoms with Crippen molar-refractivity contribution in [2.75, 3.05) is 65.4 Å². The molecule has 0 unspecified atom stereocenters. The van der Waals surface area contributed by atoms with Crippen molar-refractivity contribution in [3.63, 3.8) is 0 Å². The summed E-state index contributed by atoms with van der Waals surface area (Å²) in [5.41, 5.74) is -0.640. The van der Waals surface area contributed by atoms with Crippen LogP contribution in [0.4, 0.5) is 0 Å². The van der Waals surface area contributed by atoms with Gasteiger partial charge >= 0.3 is 0 Å². The third-order valence-corrected chi connectivity index (χ3v) is 3.90. The Kier molecular flexibility index (Phi) is 5.37. The summed E-state index contributed by atoms with van der Waals surface area (Å²) in [6.45, 7) is 12.1. The lowest BCUT2D eigenvalue weighted by Gasteiger charge is -2.38. The highest BCUT2D eigenvalue weighted by Crippen LogP contribution is 2.09. The Morgan fingerprint density at radius 2 is 1.60 bits per heavy atom. The molecule has 2 aliphatic heterocycles. The Hall–Kier alpha value is -0.690. The summed E-state index contributed by atoms with van der Waals surface area (Å²) in [4.78, 5) is 18.6. The zero-order chi connectivity index (χ0) is 14.6. The number of nitrogens with zero attached hydrogens (tertiary/aromatic N) is 3. The van der Waals surface area contributed by atoms with Crippen LogP contribution < -0.4 is 5.32 Å². The van der Waals surface area contributed by atoms with Crippen LogP contribution in [0.5, 0.6) is 0 Å². The van der Waals surface area contributed by atoms with Crippen molar-refractivity contribution in [1.29, 1.82) is 0 Å². The van der Waals surface area contributed by atoms with Crippen LogP contribution in [0.25, 0.3) is 0 Å². The summed E-state index contributed by atoms with van der Waals surface area (Å²) >= 11 is 0. The Morgan fingerprint density at radius 3 is 2.15 bits per heavy atom. The van der Waals surface area contributed by atoms with E-state index in [2.05, 4.69) is 15.1 Å². The number of carbonyl (C=O) groups excluding carboxylic acids is 1. The number of aliphatic hydroxyl groups is 1. The van der Waals surface area contributed by atoms with E-state index >= 15 is 0 Å². The SMILES string of the molecule is CC(C)(O)CN1CCN(CC(=O)N2CCNCC2)CC1. The number of β-amino-alcohol motifs (C(OH)–C–C–N with tert-alkyl or cyclic N) is 1. The molecule has 116 valence electrons. The van der Waals surface area contributed by atoms with Gasteiger partial charge in [0.05, 0.1) is 12.1 Å². The van der Waals surface area contributed by atoms with Crippen molar-refractivity contribution in [1.82, 2.24) is 20.0 Å². The standard InChI is InChI=1S/C14H28N4O2/c1-14(2,20)12-17-9-7-16(8-10-17)11-13(19)18-5-3-15-4-6-18/h15,20H,3-12H2,1-2H3. The van der Waals surface area contributed by atoms with E-state index in [1.165, 1.54) is 0 Å². The highest BCUT2D eigenvalue weighted by Gasteiger charge is 2.25. The Bertz CT molecular complexity index is 316. The maximum Gasteiger partial charge on any atom is 0.236 e. The van der Waals surface area contributed by atoms with Crippen molar-refractivity contribution < 1.29 is 9.90 Å². The fraction of sp³-hybridized carbons (Fsp3) is 0.929. The number of hydrogen-bond acceptors (Lipinski definition) is 5.